The largest absolute Gasteiger partial charge is 0.496 e. The molecular formula is C16H21N3O2. The summed E-state index contributed by atoms with van der Waals surface area (Å²) >= 11 is 0. The molecule has 2 heterocycles. The number of nitrogens with zero attached hydrogens (tertiary/aromatic N) is 3. The van der Waals surface area contributed by atoms with Gasteiger partial charge in [-0.15, -0.1) is 0 Å². The molecule has 1 saturated heterocycles. The minimum Gasteiger partial charge on any atom is -0.496 e. The molecule has 1 aromatic heterocycles. The minimum atomic E-state index is -0.0202. The lowest BCUT2D eigenvalue weighted by atomic mass is 9.90. The molecule has 0 amide bonds. The van der Waals surface area contributed by atoms with Crippen molar-refractivity contribution in [2.45, 2.75) is 19.9 Å². The maximum atomic E-state index is 12.7. The first-order valence-corrected chi connectivity index (χ1v) is 7.23. The molecular weight excluding hydrogens is 266 g/mol. The Kier molecular flexibility index (Phi) is 3.45. The fraction of sp³-hybridized carbons (Fsp3) is 0.500. The van der Waals surface area contributed by atoms with E-state index in [1.54, 1.807) is 24.1 Å². The van der Waals surface area contributed by atoms with Gasteiger partial charge in [-0.3, -0.25) is 9.36 Å². The summed E-state index contributed by atoms with van der Waals surface area (Å²) in [6.45, 7) is 5.01. The topological polar surface area (TPSA) is 47.4 Å². The number of benzene rings is 1. The van der Waals surface area contributed by atoms with Gasteiger partial charge in [-0.05, 0) is 37.6 Å². The Labute approximate surface area is 124 Å². The molecule has 1 aliphatic rings. The van der Waals surface area contributed by atoms with Crippen LogP contribution in [0.25, 0.3) is 10.9 Å². The van der Waals surface area contributed by atoms with E-state index in [9.17, 15) is 4.79 Å². The molecule has 1 aliphatic heterocycles. The van der Waals surface area contributed by atoms with E-state index in [4.69, 9.17) is 4.74 Å². The van der Waals surface area contributed by atoms with E-state index in [1.165, 1.54) is 0 Å². The molecule has 1 aromatic carbocycles. The first-order valence-electron chi connectivity index (χ1n) is 7.23. The molecule has 112 valence electrons. The SMILES string of the molecule is COc1cccc2ncn(C[C@@]3(C)CCN(C)C3)c(=O)c12. The molecule has 0 bridgehead atoms. The zero-order valence-electron chi connectivity index (χ0n) is 12.8. The molecule has 1 fully saturated rings. The van der Waals surface area contributed by atoms with Crippen molar-refractivity contribution in [3.63, 3.8) is 0 Å². The summed E-state index contributed by atoms with van der Waals surface area (Å²) < 4.78 is 7.04. The number of aromatic nitrogens is 2. The van der Waals surface area contributed by atoms with Crippen LogP contribution in [0, 0.1) is 5.41 Å². The van der Waals surface area contributed by atoms with Crippen molar-refractivity contribution in [1.29, 1.82) is 0 Å². The van der Waals surface area contributed by atoms with Crippen molar-refractivity contribution in [1.82, 2.24) is 14.5 Å². The average Bonchev–Trinajstić information content (AvgIpc) is 2.81. The molecule has 2 aromatic rings. The zero-order valence-corrected chi connectivity index (χ0v) is 12.8. The highest BCUT2D eigenvalue weighted by Gasteiger charge is 2.32. The van der Waals surface area contributed by atoms with Crippen LogP contribution < -0.4 is 10.3 Å². The summed E-state index contributed by atoms with van der Waals surface area (Å²) in [5.41, 5.74) is 0.785. The predicted molar refractivity (Wildman–Crippen MR) is 82.8 cm³/mol. The first kappa shape index (κ1) is 14.1. The quantitative estimate of drug-likeness (QED) is 0.863. The second-order valence-electron chi connectivity index (χ2n) is 6.33. The van der Waals surface area contributed by atoms with Crippen molar-refractivity contribution in [2.75, 3.05) is 27.2 Å². The van der Waals surface area contributed by atoms with E-state index in [-0.39, 0.29) is 11.0 Å². The van der Waals surface area contributed by atoms with Crippen molar-refractivity contribution in [3.8, 4) is 5.75 Å². The molecule has 0 unspecified atom stereocenters. The van der Waals surface area contributed by atoms with Crippen LogP contribution in [0.1, 0.15) is 13.3 Å². The number of methoxy groups -OCH3 is 1. The summed E-state index contributed by atoms with van der Waals surface area (Å²) in [7, 11) is 3.70. The number of hydrogen-bond acceptors (Lipinski definition) is 4. The molecule has 1 atom stereocenters. The highest BCUT2D eigenvalue weighted by molar-refractivity contribution is 5.83. The Morgan fingerprint density at radius 1 is 1.43 bits per heavy atom. The van der Waals surface area contributed by atoms with Crippen molar-refractivity contribution in [3.05, 3.63) is 34.9 Å². The smallest absolute Gasteiger partial charge is 0.264 e. The molecule has 0 radical (unpaired) electrons. The highest BCUT2D eigenvalue weighted by atomic mass is 16.5. The Hall–Kier alpha value is -1.88. The van der Waals surface area contributed by atoms with E-state index >= 15 is 0 Å². The maximum Gasteiger partial charge on any atom is 0.264 e. The van der Waals surface area contributed by atoms with Crippen molar-refractivity contribution in [2.24, 2.45) is 5.41 Å². The van der Waals surface area contributed by atoms with Gasteiger partial charge < -0.3 is 9.64 Å². The van der Waals surface area contributed by atoms with E-state index < -0.39 is 0 Å². The number of likely N-dealkylation sites (tertiary alicyclic amines) is 1. The summed E-state index contributed by atoms with van der Waals surface area (Å²) in [5.74, 6) is 0.591. The summed E-state index contributed by atoms with van der Waals surface area (Å²) in [6, 6.07) is 5.50. The van der Waals surface area contributed by atoms with Gasteiger partial charge >= 0.3 is 0 Å². The third kappa shape index (κ3) is 2.53. The van der Waals surface area contributed by atoms with Gasteiger partial charge in [0.15, 0.2) is 0 Å². The van der Waals surface area contributed by atoms with E-state index in [1.807, 2.05) is 12.1 Å². The number of hydrogen-bond donors (Lipinski definition) is 0. The Morgan fingerprint density at radius 3 is 2.90 bits per heavy atom. The lowest BCUT2D eigenvalue weighted by Gasteiger charge is -2.24. The Bertz CT molecular complexity index is 725. The van der Waals surface area contributed by atoms with Crippen LogP contribution in [-0.2, 0) is 6.54 Å². The van der Waals surface area contributed by atoms with Gasteiger partial charge in [-0.25, -0.2) is 4.98 Å². The van der Waals surface area contributed by atoms with Crippen LogP contribution in [0.3, 0.4) is 0 Å². The van der Waals surface area contributed by atoms with Gasteiger partial charge in [0.2, 0.25) is 0 Å². The zero-order chi connectivity index (χ0) is 15.0. The number of fused-ring (bicyclic) bond motifs is 1. The van der Waals surface area contributed by atoms with Crippen LogP contribution in [0.15, 0.2) is 29.3 Å². The second kappa shape index (κ2) is 5.15. The lowest BCUT2D eigenvalue weighted by molar-refractivity contribution is 0.265. The lowest BCUT2D eigenvalue weighted by Crippen LogP contribution is -2.32. The Morgan fingerprint density at radius 2 is 2.24 bits per heavy atom. The molecule has 0 aliphatic carbocycles. The number of ether oxygens (including phenoxy) is 1. The fourth-order valence-corrected chi connectivity index (χ4v) is 3.26. The van der Waals surface area contributed by atoms with Crippen LogP contribution in [-0.4, -0.2) is 41.7 Å². The standard InChI is InChI=1S/C16H21N3O2/c1-16(7-8-18(2)9-16)10-19-11-17-12-5-4-6-13(21-3)14(12)15(19)20/h4-6,11H,7-10H2,1-3H3/t16-/m0/s1. The first-order chi connectivity index (χ1) is 10.0. The molecule has 0 saturated carbocycles. The van der Waals surface area contributed by atoms with Crippen molar-refractivity contribution < 1.29 is 4.74 Å². The van der Waals surface area contributed by atoms with Gasteiger partial charge in [-0.2, -0.15) is 0 Å². The molecule has 5 nitrogen and oxygen atoms in total. The summed E-state index contributed by atoms with van der Waals surface area (Å²) in [6.07, 6.45) is 2.76. The van der Waals surface area contributed by atoms with Gasteiger partial charge in [-0.1, -0.05) is 13.0 Å². The molecule has 5 heteroatoms. The van der Waals surface area contributed by atoms with Crippen LogP contribution in [0.2, 0.25) is 0 Å². The van der Waals surface area contributed by atoms with Gasteiger partial charge in [0.1, 0.15) is 11.1 Å². The monoisotopic (exact) mass is 287 g/mol. The fourth-order valence-electron chi connectivity index (χ4n) is 3.26. The van der Waals surface area contributed by atoms with E-state index in [0.717, 1.165) is 19.5 Å². The normalized spacial score (nSPS) is 22.8. The summed E-state index contributed by atoms with van der Waals surface area (Å²) in [5, 5.41) is 0.567. The third-order valence-electron chi connectivity index (χ3n) is 4.34. The van der Waals surface area contributed by atoms with Crippen LogP contribution in [0.4, 0.5) is 0 Å². The molecule has 3 rings (SSSR count). The number of rotatable bonds is 3. The maximum absolute atomic E-state index is 12.7. The highest BCUT2D eigenvalue weighted by Crippen LogP contribution is 2.30. The molecule has 0 spiro atoms. The van der Waals surface area contributed by atoms with Crippen molar-refractivity contribution >= 4 is 10.9 Å². The second-order valence-corrected chi connectivity index (χ2v) is 6.33. The van der Waals surface area contributed by atoms with Gasteiger partial charge in [0.25, 0.3) is 5.56 Å². The summed E-state index contributed by atoms with van der Waals surface area (Å²) in [4.78, 5) is 19.5. The van der Waals surface area contributed by atoms with Crippen LogP contribution >= 0.6 is 0 Å². The minimum absolute atomic E-state index is 0.0202. The van der Waals surface area contributed by atoms with Crippen LogP contribution in [0.5, 0.6) is 5.75 Å². The Balaban J connectivity index is 2.04. The van der Waals surface area contributed by atoms with E-state index in [0.29, 0.717) is 23.2 Å². The average molecular weight is 287 g/mol. The third-order valence-corrected chi connectivity index (χ3v) is 4.34. The molecule has 21 heavy (non-hydrogen) atoms. The van der Waals surface area contributed by atoms with E-state index in [2.05, 4.69) is 23.9 Å². The van der Waals surface area contributed by atoms with Gasteiger partial charge in [0, 0.05) is 13.1 Å². The predicted octanol–water partition coefficient (Wildman–Crippen LogP) is 1.75. The molecule has 0 N–H and O–H groups in total. The van der Waals surface area contributed by atoms with Gasteiger partial charge in [0.05, 0.1) is 19.0 Å².